The Hall–Kier alpha value is -0.930. The lowest BCUT2D eigenvalue weighted by atomic mass is 9.70. The zero-order chi connectivity index (χ0) is 12.2. The van der Waals surface area contributed by atoms with Gasteiger partial charge in [0.15, 0.2) is 5.79 Å². The van der Waals surface area contributed by atoms with E-state index < -0.39 is 5.79 Å². The molecule has 0 aromatic heterocycles. The van der Waals surface area contributed by atoms with Crippen molar-refractivity contribution in [3.8, 4) is 0 Å². The Morgan fingerprint density at radius 2 is 1.71 bits per heavy atom. The highest BCUT2D eigenvalue weighted by Crippen LogP contribution is 2.50. The van der Waals surface area contributed by atoms with E-state index in [0.717, 1.165) is 25.5 Å². The van der Waals surface area contributed by atoms with Gasteiger partial charge < -0.3 is 9.47 Å². The van der Waals surface area contributed by atoms with Crippen molar-refractivity contribution in [2.45, 2.75) is 38.4 Å². The summed E-state index contributed by atoms with van der Waals surface area (Å²) in [5.74, 6) is -0.434. The molecule has 0 unspecified atom stereocenters. The average Bonchev–Trinajstić information content (AvgIpc) is 2.80. The highest BCUT2D eigenvalue weighted by atomic mass is 16.7. The van der Waals surface area contributed by atoms with Gasteiger partial charge in [0.05, 0.1) is 13.2 Å². The van der Waals surface area contributed by atoms with Crippen molar-refractivity contribution in [1.29, 1.82) is 0 Å². The smallest absolute Gasteiger partial charge is 0.177 e. The van der Waals surface area contributed by atoms with Crippen LogP contribution in [0.2, 0.25) is 0 Å². The summed E-state index contributed by atoms with van der Waals surface area (Å²) >= 11 is 0. The van der Waals surface area contributed by atoms with Gasteiger partial charge in [0, 0.05) is 11.8 Å². The van der Waals surface area contributed by atoms with Crippen molar-refractivity contribution in [1.82, 2.24) is 0 Å². The maximum atomic E-state index is 10.2. The number of hydrogen-bond donors (Lipinski definition) is 0. The van der Waals surface area contributed by atoms with Crippen molar-refractivity contribution < 1.29 is 14.3 Å². The van der Waals surface area contributed by atoms with Crippen molar-refractivity contribution in [2.75, 3.05) is 13.2 Å². The first-order valence-electron chi connectivity index (χ1n) is 6.30. The highest BCUT2D eigenvalue weighted by molar-refractivity contribution is 5.65. The maximum absolute atomic E-state index is 10.2. The number of carbonyl (C=O) groups is 1. The monoisotopic (exact) mass is 236 g/mol. The van der Waals surface area contributed by atoms with Gasteiger partial charge in [-0.15, -0.1) is 0 Å². The van der Waals surface area contributed by atoms with E-state index in [9.17, 15) is 4.79 Å². The third-order valence-electron chi connectivity index (χ3n) is 3.84. The Kier molecular flexibility index (Phi) is 3.79. The number of allylic oxidation sites excluding steroid dienone is 3. The molecule has 0 N–H and O–H groups in total. The van der Waals surface area contributed by atoms with Crippen LogP contribution >= 0.6 is 0 Å². The molecule has 3 nitrogen and oxygen atoms in total. The summed E-state index contributed by atoms with van der Waals surface area (Å²) in [7, 11) is 0. The molecule has 1 saturated carbocycles. The van der Waals surface area contributed by atoms with Crippen molar-refractivity contribution in [3.05, 3.63) is 24.3 Å². The second-order valence-corrected chi connectivity index (χ2v) is 4.95. The Labute approximate surface area is 102 Å². The molecule has 2 fully saturated rings. The number of carbonyl (C=O) groups excluding carboxylic acids is 1. The van der Waals surface area contributed by atoms with Crippen LogP contribution in [-0.4, -0.2) is 25.3 Å². The first kappa shape index (κ1) is 12.5. The van der Waals surface area contributed by atoms with Gasteiger partial charge in [0.2, 0.25) is 0 Å². The molecular weight excluding hydrogens is 216 g/mol. The second kappa shape index (κ2) is 5.15. The summed E-state index contributed by atoms with van der Waals surface area (Å²) in [6.45, 7) is 3.56. The van der Waals surface area contributed by atoms with Crippen LogP contribution in [-0.2, 0) is 14.3 Å². The molecule has 1 aliphatic heterocycles. The van der Waals surface area contributed by atoms with E-state index >= 15 is 0 Å². The lowest BCUT2D eigenvalue weighted by Crippen LogP contribution is -2.48. The standard InChI is InChI=1S/C14H20O3/c1-13(7-3-2-6-10-15)8-4-5-9-14(13)16-11-12-17-14/h2-3,6-7,10H,4-5,8-9,11-12H2,1H3/b6-2+,7-3+/t13-/m1/s1. The van der Waals surface area contributed by atoms with Crippen LogP contribution in [0.4, 0.5) is 0 Å². The molecule has 0 bridgehead atoms. The highest BCUT2D eigenvalue weighted by Gasteiger charge is 2.52. The fourth-order valence-electron chi connectivity index (χ4n) is 2.84. The summed E-state index contributed by atoms with van der Waals surface area (Å²) < 4.78 is 11.8. The molecule has 0 aromatic carbocycles. The predicted octanol–water partition coefficient (Wildman–Crippen LogP) is 2.62. The molecule has 2 aliphatic rings. The SMILES string of the molecule is C[C@@]1(/C=C/C=C/C=O)CCCCC12OCCO2. The van der Waals surface area contributed by atoms with Crippen LogP contribution in [0.3, 0.4) is 0 Å². The van der Waals surface area contributed by atoms with E-state index in [0.29, 0.717) is 13.2 Å². The maximum Gasteiger partial charge on any atom is 0.177 e. The molecule has 2 rings (SSSR count). The molecule has 0 aromatic rings. The lowest BCUT2D eigenvalue weighted by molar-refractivity contribution is -0.235. The van der Waals surface area contributed by atoms with Crippen LogP contribution in [0.15, 0.2) is 24.3 Å². The minimum atomic E-state index is -0.434. The van der Waals surface area contributed by atoms with Gasteiger partial charge in [-0.2, -0.15) is 0 Å². The molecule has 1 spiro atoms. The van der Waals surface area contributed by atoms with Crippen molar-refractivity contribution in [2.24, 2.45) is 5.41 Å². The van der Waals surface area contributed by atoms with E-state index in [1.165, 1.54) is 12.5 Å². The number of aldehydes is 1. The Bertz CT molecular complexity index is 326. The van der Waals surface area contributed by atoms with Gasteiger partial charge in [-0.1, -0.05) is 31.6 Å². The summed E-state index contributed by atoms with van der Waals surface area (Å²) in [5.41, 5.74) is -0.0883. The van der Waals surface area contributed by atoms with E-state index in [4.69, 9.17) is 9.47 Å². The zero-order valence-corrected chi connectivity index (χ0v) is 10.4. The van der Waals surface area contributed by atoms with Gasteiger partial charge in [0.25, 0.3) is 0 Å². The molecule has 3 heteroatoms. The topological polar surface area (TPSA) is 35.5 Å². The zero-order valence-electron chi connectivity index (χ0n) is 10.4. The first-order valence-corrected chi connectivity index (χ1v) is 6.30. The molecule has 1 saturated heterocycles. The molecule has 1 aliphatic carbocycles. The van der Waals surface area contributed by atoms with E-state index in [1.807, 2.05) is 6.08 Å². The third-order valence-corrected chi connectivity index (χ3v) is 3.84. The van der Waals surface area contributed by atoms with Crippen molar-refractivity contribution in [3.63, 3.8) is 0 Å². The molecule has 1 heterocycles. The third kappa shape index (κ3) is 2.35. The van der Waals surface area contributed by atoms with Crippen LogP contribution in [0, 0.1) is 5.41 Å². The van der Waals surface area contributed by atoms with Gasteiger partial charge in [-0.25, -0.2) is 0 Å². The number of hydrogen-bond acceptors (Lipinski definition) is 3. The van der Waals surface area contributed by atoms with E-state index in [2.05, 4.69) is 13.0 Å². The summed E-state index contributed by atoms with van der Waals surface area (Å²) in [6.07, 6.45) is 12.5. The number of ether oxygens (including phenoxy) is 2. The van der Waals surface area contributed by atoms with Crippen LogP contribution in [0.1, 0.15) is 32.6 Å². The van der Waals surface area contributed by atoms with Gasteiger partial charge in [-0.05, 0) is 18.9 Å². The summed E-state index contributed by atoms with van der Waals surface area (Å²) in [5, 5.41) is 0. The number of rotatable bonds is 3. The second-order valence-electron chi connectivity index (χ2n) is 4.95. The molecular formula is C14H20O3. The average molecular weight is 236 g/mol. The Balaban J connectivity index is 2.16. The summed E-state index contributed by atoms with van der Waals surface area (Å²) in [4.78, 5) is 10.2. The Morgan fingerprint density at radius 3 is 2.41 bits per heavy atom. The fraction of sp³-hybridized carbons (Fsp3) is 0.643. The quantitative estimate of drug-likeness (QED) is 0.429. The largest absolute Gasteiger partial charge is 0.347 e. The lowest BCUT2D eigenvalue weighted by Gasteiger charge is -2.46. The Morgan fingerprint density at radius 1 is 1.00 bits per heavy atom. The molecule has 0 amide bonds. The van der Waals surface area contributed by atoms with E-state index in [-0.39, 0.29) is 5.41 Å². The van der Waals surface area contributed by atoms with Gasteiger partial charge in [-0.3, -0.25) is 4.79 Å². The first-order chi connectivity index (χ1) is 8.22. The van der Waals surface area contributed by atoms with Crippen LogP contribution in [0.25, 0.3) is 0 Å². The van der Waals surface area contributed by atoms with Gasteiger partial charge in [0.1, 0.15) is 6.29 Å². The fourth-order valence-corrected chi connectivity index (χ4v) is 2.84. The van der Waals surface area contributed by atoms with Gasteiger partial charge >= 0.3 is 0 Å². The minimum absolute atomic E-state index is 0.0883. The van der Waals surface area contributed by atoms with Crippen molar-refractivity contribution >= 4 is 6.29 Å². The minimum Gasteiger partial charge on any atom is -0.347 e. The molecule has 1 atom stereocenters. The van der Waals surface area contributed by atoms with E-state index in [1.54, 1.807) is 6.08 Å². The normalized spacial score (nSPS) is 32.8. The van der Waals surface area contributed by atoms with Crippen LogP contribution in [0.5, 0.6) is 0 Å². The van der Waals surface area contributed by atoms with Crippen LogP contribution < -0.4 is 0 Å². The predicted molar refractivity (Wildman–Crippen MR) is 65.6 cm³/mol. The molecule has 94 valence electrons. The molecule has 17 heavy (non-hydrogen) atoms. The summed E-state index contributed by atoms with van der Waals surface area (Å²) in [6, 6.07) is 0. The molecule has 0 radical (unpaired) electrons.